The fourth-order valence-corrected chi connectivity index (χ4v) is 1.97. The van der Waals surface area contributed by atoms with E-state index in [1.807, 2.05) is 25.2 Å². The highest BCUT2D eigenvalue weighted by Gasteiger charge is 2.28. The molecule has 1 atom stereocenters. The maximum Gasteiger partial charge on any atom is 0.335 e. The van der Waals surface area contributed by atoms with Gasteiger partial charge in [0, 0.05) is 26.7 Å². The molecule has 0 aromatic rings. The summed E-state index contributed by atoms with van der Waals surface area (Å²) in [5, 5.41) is 0. The van der Waals surface area contributed by atoms with Gasteiger partial charge < -0.3 is 9.64 Å². The first-order chi connectivity index (χ1) is 7.63. The molecule has 1 rings (SSSR count). The van der Waals surface area contributed by atoms with Crippen molar-refractivity contribution in [3.63, 3.8) is 0 Å². The molecule has 1 heterocycles. The third-order valence-corrected chi connectivity index (χ3v) is 2.78. The summed E-state index contributed by atoms with van der Waals surface area (Å²) in [6, 6.07) is 0. The number of cyclic esters (lactones) is 1. The Bertz CT molecular complexity index is 259. The molecule has 0 saturated carbocycles. The van der Waals surface area contributed by atoms with Crippen LogP contribution >= 0.6 is 0 Å². The molecule has 1 aliphatic rings. The standard InChI is InChI=1S/C13H23NO2/c1-4-5-6-7-8-12-9-11(10-14(2)3)13(15)16-12/h10,12H,4-9H2,1-3H3/b11-10-/t12-/m1/s1. The molecule has 1 fully saturated rings. The van der Waals surface area contributed by atoms with Gasteiger partial charge in [-0.25, -0.2) is 4.79 Å². The Kier molecular flexibility index (Phi) is 5.36. The number of rotatable bonds is 6. The third-order valence-electron chi connectivity index (χ3n) is 2.78. The minimum Gasteiger partial charge on any atom is -0.459 e. The zero-order valence-electron chi connectivity index (χ0n) is 10.7. The number of unbranched alkanes of at least 4 members (excludes halogenated alkanes) is 3. The van der Waals surface area contributed by atoms with E-state index in [9.17, 15) is 4.79 Å². The van der Waals surface area contributed by atoms with Crippen LogP contribution < -0.4 is 0 Å². The van der Waals surface area contributed by atoms with Crippen molar-refractivity contribution in [2.45, 2.75) is 51.6 Å². The van der Waals surface area contributed by atoms with Crippen molar-refractivity contribution < 1.29 is 9.53 Å². The van der Waals surface area contributed by atoms with Crippen molar-refractivity contribution in [1.29, 1.82) is 0 Å². The van der Waals surface area contributed by atoms with Crippen molar-refractivity contribution >= 4 is 5.97 Å². The normalized spacial score (nSPS) is 22.6. The third kappa shape index (κ3) is 4.25. The van der Waals surface area contributed by atoms with Crippen molar-refractivity contribution in [3.05, 3.63) is 11.8 Å². The molecule has 0 unspecified atom stereocenters. The van der Waals surface area contributed by atoms with Crippen LogP contribution in [0.2, 0.25) is 0 Å². The highest BCUT2D eigenvalue weighted by Crippen LogP contribution is 2.24. The van der Waals surface area contributed by atoms with Gasteiger partial charge in [0.25, 0.3) is 0 Å². The van der Waals surface area contributed by atoms with E-state index >= 15 is 0 Å². The minimum absolute atomic E-state index is 0.121. The van der Waals surface area contributed by atoms with Gasteiger partial charge in [0.15, 0.2) is 0 Å². The van der Waals surface area contributed by atoms with E-state index in [1.165, 1.54) is 25.7 Å². The maximum absolute atomic E-state index is 11.5. The molecular weight excluding hydrogens is 202 g/mol. The Morgan fingerprint density at radius 2 is 2.12 bits per heavy atom. The fraction of sp³-hybridized carbons (Fsp3) is 0.769. The van der Waals surface area contributed by atoms with Crippen molar-refractivity contribution in [3.8, 4) is 0 Å². The Hall–Kier alpha value is -0.990. The minimum atomic E-state index is -0.130. The Balaban J connectivity index is 2.30. The van der Waals surface area contributed by atoms with Gasteiger partial charge in [-0.3, -0.25) is 0 Å². The smallest absolute Gasteiger partial charge is 0.335 e. The number of carbonyl (C=O) groups excluding carboxylic acids is 1. The average molecular weight is 225 g/mol. The number of hydrogen-bond donors (Lipinski definition) is 0. The SMILES string of the molecule is CCCCCC[C@@H]1C/C(=C/N(C)C)C(=O)O1. The van der Waals surface area contributed by atoms with E-state index in [1.54, 1.807) is 0 Å². The van der Waals surface area contributed by atoms with Gasteiger partial charge in [-0.2, -0.15) is 0 Å². The number of hydrogen-bond acceptors (Lipinski definition) is 3. The summed E-state index contributed by atoms with van der Waals surface area (Å²) >= 11 is 0. The summed E-state index contributed by atoms with van der Waals surface area (Å²) in [6.07, 6.45) is 8.72. The van der Waals surface area contributed by atoms with Crippen LogP contribution in [0.1, 0.15) is 45.4 Å². The lowest BCUT2D eigenvalue weighted by Crippen LogP contribution is -2.06. The number of carbonyl (C=O) groups is 1. The molecular formula is C13H23NO2. The van der Waals surface area contributed by atoms with E-state index in [4.69, 9.17) is 4.74 Å². The van der Waals surface area contributed by atoms with E-state index in [0.717, 1.165) is 18.4 Å². The van der Waals surface area contributed by atoms with Gasteiger partial charge >= 0.3 is 5.97 Å². The molecule has 0 radical (unpaired) electrons. The molecule has 0 aromatic carbocycles. The summed E-state index contributed by atoms with van der Waals surface area (Å²) in [4.78, 5) is 13.4. The Labute approximate surface area is 98.5 Å². The number of nitrogens with zero attached hydrogens (tertiary/aromatic N) is 1. The second-order valence-electron chi connectivity index (χ2n) is 4.70. The van der Waals surface area contributed by atoms with Crippen LogP contribution in [-0.2, 0) is 9.53 Å². The van der Waals surface area contributed by atoms with Crippen LogP contribution in [0.3, 0.4) is 0 Å². The Morgan fingerprint density at radius 1 is 1.38 bits per heavy atom. The van der Waals surface area contributed by atoms with Crippen LogP contribution in [0.25, 0.3) is 0 Å². The molecule has 3 nitrogen and oxygen atoms in total. The molecule has 0 bridgehead atoms. The topological polar surface area (TPSA) is 29.5 Å². The van der Waals surface area contributed by atoms with Gasteiger partial charge in [0.2, 0.25) is 0 Å². The van der Waals surface area contributed by atoms with Gasteiger partial charge in [-0.15, -0.1) is 0 Å². The Morgan fingerprint density at radius 3 is 2.75 bits per heavy atom. The summed E-state index contributed by atoms with van der Waals surface area (Å²) < 4.78 is 5.32. The molecule has 0 spiro atoms. The fourth-order valence-electron chi connectivity index (χ4n) is 1.97. The van der Waals surface area contributed by atoms with Gasteiger partial charge in [0.1, 0.15) is 6.10 Å². The summed E-state index contributed by atoms with van der Waals surface area (Å²) in [5.74, 6) is -0.130. The lowest BCUT2D eigenvalue weighted by molar-refractivity contribution is -0.139. The van der Waals surface area contributed by atoms with Crippen molar-refractivity contribution in [1.82, 2.24) is 4.90 Å². The molecule has 1 saturated heterocycles. The lowest BCUT2D eigenvalue weighted by Gasteiger charge is -2.07. The molecule has 0 amide bonds. The summed E-state index contributed by atoms with van der Waals surface area (Å²) in [6.45, 7) is 2.20. The van der Waals surface area contributed by atoms with Crippen LogP contribution in [-0.4, -0.2) is 31.1 Å². The van der Waals surface area contributed by atoms with Crippen LogP contribution in [0.5, 0.6) is 0 Å². The number of esters is 1. The van der Waals surface area contributed by atoms with Crippen LogP contribution in [0.15, 0.2) is 11.8 Å². The van der Waals surface area contributed by atoms with Gasteiger partial charge in [-0.05, 0) is 12.8 Å². The zero-order chi connectivity index (χ0) is 12.0. The van der Waals surface area contributed by atoms with Crippen LogP contribution in [0.4, 0.5) is 0 Å². The lowest BCUT2D eigenvalue weighted by atomic mass is 10.1. The molecule has 0 N–H and O–H groups in total. The van der Waals surface area contributed by atoms with Crippen LogP contribution in [0, 0.1) is 0 Å². The largest absolute Gasteiger partial charge is 0.459 e. The van der Waals surface area contributed by atoms with E-state index in [-0.39, 0.29) is 12.1 Å². The van der Waals surface area contributed by atoms with Gasteiger partial charge in [-0.1, -0.05) is 26.2 Å². The highest BCUT2D eigenvalue weighted by molar-refractivity contribution is 5.90. The first-order valence-corrected chi connectivity index (χ1v) is 6.21. The molecule has 3 heteroatoms. The summed E-state index contributed by atoms with van der Waals surface area (Å²) in [5.41, 5.74) is 0.811. The van der Waals surface area contributed by atoms with Crippen molar-refractivity contribution in [2.75, 3.05) is 14.1 Å². The van der Waals surface area contributed by atoms with Gasteiger partial charge in [0.05, 0.1) is 5.57 Å². The highest BCUT2D eigenvalue weighted by atomic mass is 16.5. The predicted molar refractivity (Wildman–Crippen MR) is 65.0 cm³/mol. The molecule has 0 aromatic heterocycles. The molecule has 16 heavy (non-hydrogen) atoms. The second-order valence-corrected chi connectivity index (χ2v) is 4.70. The predicted octanol–water partition coefficient (Wildman–Crippen LogP) is 2.72. The molecule has 0 aliphatic carbocycles. The van der Waals surface area contributed by atoms with Crippen molar-refractivity contribution in [2.24, 2.45) is 0 Å². The maximum atomic E-state index is 11.5. The zero-order valence-corrected chi connectivity index (χ0v) is 10.7. The second kappa shape index (κ2) is 6.56. The first-order valence-electron chi connectivity index (χ1n) is 6.21. The van der Waals surface area contributed by atoms with E-state index < -0.39 is 0 Å². The quantitative estimate of drug-likeness (QED) is 0.395. The summed E-state index contributed by atoms with van der Waals surface area (Å²) in [7, 11) is 3.85. The van der Waals surface area contributed by atoms with E-state index in [0.29, 0.717) is 0 Å². The first kappa shape index (κ1) is 13.1. The van der Waals surface area contributed by atoms with E-state index in [2.05, 4.69) is 6.92 Å². The number of ether oxygens (including phenoxy) is 1. The molecule has 92 valence electrons. The monoisotopic (exact) mass is 225 g/mol. The molecule has 1 aliphatic heterocycles. The average Bonchev–Trinajstić information content (AvgIpc) is 2.54.